The van der Waals surface area contributed by atoms with E-state index in [0.717, 1.165) is 12.8 Å². The van der Waals surface area contributed by atoms with Crippen LogP contribution in [0.25, 0.3) is 0 Å². The van der Waals surface area contributed by atoms with Gasteiger partial charge in [-0.3, -0.25) is 4.79 Å². The summed E-state index contributed by atoms with van der Waals surface area (Å²) in [6, 6.07) is 0. The zero-order chi connectivity index (χ0) is 18.0. The molecule has 0 saturated heterocycles. The lowest BCUT2D eigenvalue weighted by Crippen LogP contribution is -2.23. The molecule has 0 aromatic carbocycles. The molecule has 0 aromatic heterocycles. The van der Waals surface area contributed by atoms with Gasteiger partial charge in [0.1, 0.15) is 0 Å². The van der Waals surface area contributed by atoms with Gasteiger partial charge in [-0.2, -0.15) is 0 Å². The maximum absolute atomic E-state index is 12.0. The molecule has 0 aliphatic carbocycles. The van der Waals surface area contributed by atoms with Crippen molar-refractivity contribution in [2.24, 2.45) is 11.8 Å². The molecule has 2 unspecified atom stereocenters. The zero-order valence-electron chi connectivity index (χ0n) is 15.8. The molecule has 0 amide bonds. The highest BCUT2D eigenvalue weighted by Gasteiger charge is 2.24. The van der Waals surface area contributed by atoms with Crippen LogP contribution in [0, 0.1) is 47.4 Å². The minimum atomic E-state index is -0.113. The molecule has 0 spiro atoms. The first-order valence-electron chi connectivity index (χ1n) is 9.23. The number of carbonyl (C=O) groups is 1. The van der Waals surface area contributed by atoms with Gasteiger partial charge in [-0.05, 0) is 49.9 Å². The number of carbonyl (C=O) groups excluding carboxylic acids is 1. The summed E-state index contributed by atoms with van der Waals surface area (Å²) in [6.07, 6.45) is 9.24. The van der Waals surface area contributed by atoms with E-state index in [9.17, 15) is 4.79 Å². The van der Waals surface area contributed by atoms with Crippen LogP contribution in [0.15, 0.2) is 0 Å². The standard InChI is InChI=1S/C22H32O2/c1-5-8-10-12-14-16-18-21(20(4)22(23)24-7-3)19-17-15-13-11-9-6-2/h20-21H,5,7-8,10,12,14,16,18-19H2,1-4H3. The Kier molecular flexibility index (Phi) is 14.8. The highest BCUT2D eigenvalue weighted by Crippen LogP contribution is 2.24. The Morgan fingerprint density at radius 3 is 2.29 bits per heavy atom. The number of unbranched alkanes of at least 4 members (excludes halogenated alkanes) is 5. The quantitative estimate of drug-likeness (QED) is 0.304. The maximum Gasteiger partial charge on any atom is 0.308 e. The van der Waals surface area contributed by atoms with Crippen molar-refractivity contribution in [1.29, 1.82) is 0 Å². The summed E-state index contributed by atoms with van der Waals surface area (Å²) in [6.45, 7) is 8.21. The van der Waals surface area contributed by atoms with Gasteiger partial charge in [0.2, 0.25) is 0 Å². The molecule has 0 saturated carbocycles. The first-order chi connectivity index (χ1) is 11.7. The van der Waals surface area contributed by atoms with Crippen LogP contribution in [0.1, 0.15) is 79.1 Å². The highest BCUT2D eigenvalue weighted by molar-refractivity contribution is 5.72. The Labute approximate surface area is 149 Å². The van der Waals surface area contributed by atoms with Gasteiger partial charge in [-0.15, -0.1) is 0 Å². The van der Waals surface area contributed by atoms with E-state index in [1.165, 1.54) is 32.1 Å². The summed E-state index contributed by atoms with van der Waals surface area (Å²) in [4.78, 5) is 12.0. The molecule has 0 radical (unpaired) electrons. The van der Waals surface area contributed by atoms with Gasteiger partial charge in [0.25, 0.3) is 0 Å². The second kappa shape index (κ2) is 16.0. The summed E-state index contributed by atoms with van der Waals surface area (Å²) >= 11 is 0. The zero-order valence-corrected chi connectivity index (χ0v) is 15.8. The topological polar surface area (TPSA) is 26.3 Å². The van der Waals surface area contributed by atoms with Crippen molar-refractivity contribution in [2.45, 2.75) is 79.1 Å². The van der Waals surface area contributed by atoms with Crippen LogP contribution in [0.4, 0.5) is 0 Å². The van der Waals surface area contributed by atoms with Crippen LogP contribution in [-0.2, 0) is 9.53 Å². The van der Waals surface area contributed by atoms with Crippen LogP contribution in [0.3, 0.4) is 0 Å². The third-order valence-electron chi connectivity index (χ3n) is 4.06. The van der Waals surface area contributed by atoms with Crippen LogP contribution >= 0.6 is 0 Å². The molecule has 0 aliphatic heterocycles. The van der Waals surface area contributed by atoms with Crippen LogP contribution < -0.4 is 0 Å². The average Bonchev–Trinajstić information content (AvgIpc) is 2.58. The molecule has 0 N–H and O–H groups in total. The largest absolute Gasteiger partial charge is 0.466 e. The first kappa shape index (κ1) is 22.1. The van der Waals surface area contributed by atoms with E-state index in [-0.39, 0.29) is 17.8 Å². The van der Waals surface area contributed by atoms with E-state index in [2.05, 4.69) is 42.4 Å². The lowest BCUT2D eigenvalue weighted by atomic mass is 9.86. The molecule has 24 heavy (non-hydrogen) atoms. The number of hydrogen-bond acceptors (Lipinski definition) is 2. The number of hydrogen-bond donors (Lipinski definition) is 0. The van der Waals surface area contributed by atoms with Crippen molar-refractivity contribution in [3.8, 4) is 35.5 Å². The Bertz CT molecular complexity index is 513. The van der Waals surface area contributed by atoms with E-state index in [1.54, 1.807) is 6.92 Å². The number of esters is 1. The number of rotatable bonds is 11. The molecule has 2 heteroatoms. The van der Waals surface area contributed by atoms with Crippen molar-refractivity contribution in [3.05, 3.63) is 0 Å². The molecule has 0 aromatic rings. The normalized spacial score (nSPS) is 11.7. The van der Waals surface area contributed by atoms with E-state index < -0.39 is 0 Å². The summed E-state index contributed by atoms with van der Waals surface area (Å²) in [5.41, 5.74) is 0. The van der Waals surface area contributed by atoms with Crippen LogP contribution in [-0.4, -0.2) is 12.6 Å². The average molecular weight is 328 g/mol. The fourth-order valence-electron chi connectivity index (χ4n) is 2.53. The Morgan fingerprint density at radius 1 is 0.958 bits per heavy atom. The van der Waals surface area contributed by atoms with Crippen molar-refractivity contribution in [1.82, 2.24) is 0 Å². The molecule has 2 atom stereocenters. The Balaban J connectivity index is 4.50. The molecule has 132 valence electrons. The SMILES string of the molecule is CC#CC#CC#CCC(CCCCCCCC)C(C)C(=O)OCC. The predicted octanol–water partition coefficient (Wildman–Crippen LogP) is 4.97. The molecule has 0 heterocycles. The third kappa shape index (κ3) is 11.7. The number of ether oxygens (including phenoxy) is 1. The van der Waals surface area contributed by atoms with Crippen molar-refractivity contribution in [2.75, 3.05) is 6.61 Å². The first-order valence-corrected chi connectivity index (χ1v) is 9.23. The summed E-state index contributed by atoms with van der Waals surface area (Å²) < 4.78 is 5.17. The summed E-state index contributed by atoms with van der Waals surface area (Å²) in [5.74, 6) is 16.7. The molecule has 0 bridgehead atoms. The van der Waals surface area contributed by atoms with Gasteiger partial charge >= 0.3 is 5.97 Å². The molecule has 0 fully saturated rings. The van der Waals surface area contributed by atoms with E-state index in [0.29, 0.717) is 13.0 Å². The highest BCUT2D eigenvalue weighted by atomic mass is 16.5. The van der Waals surface area contributed by atoms with E-state index >= 15 is 0 Å². The predicted molar refractivity (Wildman–Crippen MR) is 101 cm³/mol. The van der Waals surface area contributed by atoms with Crippen LogP contribution in [0.5, 0.6) is 0 Å². The summed E-state index contributed by atoms with van der Waals surface area (Å²) in [7, 11) is 0. The monoisotopic (exact) mass is 328 g/mol. The fourth-order valence-corrected chi connectivity index (χ4v) is 2.53. The van der Waals surface area contributed by atoms with Gasteiger partial charge in [0.15, 0.2) is 0 Å². The van der Waals surface area contributed by atoms with E-state index in [1.807, 2.05) is 13.8 Å². The summed E-state index contributed by atoms with van der Waals surface area (Å²) in [5, 5.41) is 0. The molecular formula is C22H32O2. The fraction of sp³-hybridized carbons (Fsp3) is 0.682. The van der Waals surface area contributed by atoms with Crippen molar-refractivity contribution in [3.63, 3.8) is 0 Å². The Hall–Kier alpha value is -1.85. The molecule has 0 aliphatic rings. The molecular weight excluding hydrogens is 296 g/mol. The molecule has 2 nitrogen and oxygen atoms in total. The smallest absolute Gasteiger partial charge is 0.308 e. The van der Waals surface area contributed by atoms with Crippen molar-refractivity contribution < 1.29 is 9.53 Å². The Morgan fingerprint density at radius 2 is 1.62 bits per heavy atom. The van der Waals surface area contributed by atoms with Gasteiger partial charge in [-0.25, -0.2) is 0 Å². The lowest BCUT2D eigenvalue weighted by molar-refractivity contribution is -0.149. The van der Waals surface area contributed by atoms with Gasteiger partial charge in [0, 0.05) is 6.42 Å². The third-order valence-corrected chi connectivity index (χ3v) is 4.06. The second-order valence-corrected chi connectivity index (χ2v) is 5.99. The van der Waals surface area contributed by atoms with E-state index in [4.69, 9.17) is 4.74 Å². The van der Waals surface area contributed by atoms with Gasteiger partial charge < -0.3 is 4.74 Å². The second-order valence-electron chi connectivity index (χ2n) is 5.99. The van der Waals surface area contributed by atoms with Crippen molar-refractivity contribution >= 4 is 5.97 Å². The minimum Gasteiger partial charge on any atom is -0.466 e. The lowest BCUT2D eigenvalue weighted by Gasteiger charge is -2.20. The van der Waals surface area contributed by atoms with Crippen LogP contribution in [0.2, 0.25) is 0 Å². The maximum atomic E-state index is 12.0. The molecule has 0 rings (SSSR count). The van der Waals surface area contributed by atoms with Gasteiger partial charge in [-0.1, -0.05) is 64.2 Å². The van der Waals surface area contributed by atoms with Gasteiger partial charge in [0.05, 0.1) is 12.5 Å². The minimum absolute atomic E-state index is 0.113.